The summed E-state index contributed by atoms with van der Waals surface area (Å²) in [6.45, 7) is 0.840. The second-order valence-electron chi connectivity index (χ2n) is 3.30. The molecule has 0 aromatic heterocycles. The third kappa shape index (κ3) is 4.62. The van der Waals surface area contributed by atoms with Gasteiger partial charge in [-0.3, -0.25) is 0 Å². The number of likely N-dealkylation sites (N-methyl/N-ethyl adjacent to an activating group) is 1. The molecule has 1 aromatic rings. The first kappa shape index (κ1) is 17.5. The van der Waals surface area contributed by atoms with Crippen LogP contribution in [0.25, 0.3) is 0 Å². The van der Waals surface area contributed by atoms with Gasteiger partial charge in [0.15, 0.2) is 0 Å². The molecule has 0 unspecified atom stereocenters. The number of methoxy groups -OCH3 is 1. The van der Waals surface area contributed by atoms with Crippen LogP contribution in [0.5, 0.6) is 5.75 Å². The zero-order valence-electron chi connectivity index (χ0n) is 10.1. The fourth-order valence-electron chi connectivity index (χ4n) is 1.20. The van der Waals surface area contributed by atoms with E-state index in [-0.39, 0.29) is 22.3 Å². The first-order valence-corrected chi connectivity index (χ1v) is 6.85. The standard InChI is InChI=1S/C10H15ClN2O3S.ClH/c1-12-5-6-13-17(14,15)10-7-8(16-2)3-4-9(10)11;/h3-4,7,12-13H,5-6H2,1-2H3;1H. The molecule has 1 aromatic carbocycles. The predicted octanol–water partition coefficient (Wildman–Crippen LogP) is 1.27. The van der Waals surface area contributed by atoms with Gasteiger partial charge in [0.2, 0.25) is 10.0 Å². The molecule has 8 heteroatoms. The molecule has 0 aliphatic rings. The molecule has 0 saturated carbocycles. The Labute approximate surface area is 118 Å². The Bertz CT molecular complexity index is 480. The lowest BCUT2D eigenvalue weighted by molar-refractivity contribution is 0.413. The van der Waals surface area contributed by atoms with Crippen LogP contribution in [0.15, 0.2) is 23.1 Å². The number of rotatable bonds is 6. The highest BCUT2D eigenvalue weighted by Gasteiger charge is 2.18. The van der Waals surface area contributed by atoms with E-state index in [0.717, 1.165) is 0 Å². The lowest BCUT2D eigenvalue weighted by Crippen LogP contribution is -2.30. The fourth-order valence-corrected chi connectivity index (χ4v) is 2.75. The average molecular weight is 315 g/mol. The van der Waals surface area contributed by atoms with Gasteiger partial charge in [0.25, 0.3) is 0 Å². The quantitative estimate of drug-likeness (QED) is 0.776. The second-order valence-corrected chi connectivity index (χ2v) is 5.44. The molecule has 104 valence electrons. The Morgan fingerprint density at radius 2 is 2.00 bits per heavy atom. The maximum absolute atomic E-state index is 11.9. The highest BCUT2D eigenvalue weighted by Crippen LogP contribution is 2.25. The van der Waals surface area contributed by atoms with Gasteiger partial charge in [-0.1, -0.05) is 11.6 Å². The molecule has 0 saturated heterocycles. The summed E-state index contributed by atoms with van der Waals surface area (Å²) in [7, 11) is -0.389. The largest absolute Gasteiger partial charge is 0.497 e. The molecule has 0 radical (unpaired) electrons. The first-order chi connectivity index (χ1) is 8.01. The molecule has 1 rings (SSSR count). The van der Waals surface area contributed by atoms with Gasteiger partial charge in [-0.25, -0.2) is 13.1 Å². The van der Waals surface area contributed by atoms with Gasteiger partial charge < -0.3 is 10.1 Å². The van der Waals surface area contributed by atoms with Crippen molar-refractivity contribution in [3.63, 3.8) is 0 Å². The van der Waals surface area contributed by atoms with Crippen LogP contribution >= 0.6 is 24.0 Å². The molecule has 0 heterocycles. The van der Waals surface area contributed by atoms with Crippen molar-refractivity contribution in [2.45, 2.75) is 4.90 Å². The maximum atomic E-state index is 11.9. The molecular formula is C10H16Cl2N2O3S. The van der Waals surface area contributed by atoms with Crippen molar-refractivity contribution >= 4 is 34.0 Å². The number of hydrogen-bond acceptors (Lipinski definition) is 4. The van der Waals surface area contributed by atoms with Crippen molar-refractivity contribution in [3.8, 4) is 5.75 Å². The SMILES string of the molecule is CNCCNS(=O)(=O)c1cc(OC)ccc1Cl.Cl. The van der Waals surface area contributed by atoms with Gasteiger partial charge in [-0.05, 0) is 19.2 Å². The van der Waals surface area contributed by atoms with Crippen molar-refractivity contribution < 1.29 is 13.2 Å². The maximum Gasteiger partial charge on any atom is 0.242 e. The van der Waals surface area contributed by atoms with Crippen molar-refractivity contribution in [3.05, 3.63) is 23.2 Å². The van der Waals surface area contributed by atoms with Crippen molar-refractivity contribution in [2.75, 3.05) is 27.2 Å². The lowest BCUT2D eigenvalue weighted by atomic mass is 10.3. The van der Waals surface area contributed by atoms with Crippen LogP contribution in [0, 0.1) is 0 Å². The minimum Gasteiger partial charge on any atom is -0.497 e. The van der Waals surface area contributed by atoms with E-state index in [4.69, 9.17) is 16.3 Å². The minimum atomic E-state index is -3.60. The van der Waals surface area contributed by atoms with Gasteiger partial charge in [-0.2, -0.15) is 0 Å². The molecule has 0 fully saturated rings. The van der Waals surface area contributed by atoms with E-state index in [9.17, 15) is 8.42 Å². The highest BCUT2D eigenvalue weighted by molar-refractivity contribution is 7.89. The lowest BCUT2D eigenvalue weighted by Gasteiger charge is -2.09. The average Bonchev–Trinajstić information content (AvgIpc) is 2.29. The Balaban J connectivity index is 0.00000289. The Morgan fingerprint density at radius 1 is 1.33 bits per heavy atom. The van der Waals surface area contributed by atoms with Crippen LogP contribution in [-0.4, -0.2) is 35.7 Å². The Kier molecular flexibility index (Phi) is 7.58. The van der Waals surface area contributed by atoms with Gasteiger partial charge in [0.05, 0.1) is 12.1 Å². The van der Waals surface area contributed by atoms with Crippen molar-refractivity contribution in [1.29, 1.82) is 0 Å². The smallest absolute Gasteiger partial charge is 0.242 e. The van der Waals surface area contributed by atoms with E-state index in [1.807, 2.05) is 0 Å². The number of sulfonamides is 1. The third-order valence-electron chi connectivity index (χ3n) is 2.09. The fraction of sp³-hybridized carbons (Fsp3) is 0.400. The number of halogens is 2. The first-order valence-electron chi connectivity index (χ1n) is 4.99. The van der Waals surface area contributed by atoms with E-state index >= 15 is 0 Å². The molecule has 18 heavy (non-hydrogen) atoms. The number of benzene rings is 1. The van der Waals surface area contributed by atoms with Crippen LogP contribution in [0.3, 0.4) is 0 Å². The van der Waals surface area contributed by atoms with Gasteiger partial charge in [0, 0.05) is 19.2 Å². The number of nitrogens with one attached hydrogen (secondary N) is 2. The summed E-state index contributed by atoms with van der Waals surface area (Å²) in [6.07, 6.45) is 0. The third-order valence-corrected chi connectivity index (χ3v) is 4.04. The molecule has 0 atom stereocenters. The molecule has 0 bridgehead atoms. The second kappa shape index (κ2) is 7.81. The summed E-state index contributed by atoms with van der Waals surface area (Å²) in [5, 5.41) is 3.01. The zero-order chi connectivity index (χ0) is 12.9. The van der Waals surface area contributed by atoms with Crippen molar-refractivity contribution in [2.24, 2.45) is 0 Å². The van der Waals surface area contributed by atoms with Crippen LogP contribution < -0.4 is 14.8 Å². The van der Waals surface area contributed by atoms with E-state index in [1.165, 1.54) is 19.2 Å². The van der Waals surface area contributed by atoms with Gasteiger partial charge >= 0.3 is 0 Å². The van der Waals surface area contributed by atoms with Gasteiger partial charge in [0.1, 0.15) is 10.6 Å². The summed E-state index contributed by atoms with van der Waals surface area (Å²) in [5.41, 5.74) is 0. The molecule has 0 aliphatic heterocycles. The molecular weight excluding hydrogens is 299 g/mol. The summed E-state index contributed by atoms with van der Waals surface area (Å²) < 4.78 is 31.2. The molecule has 5 nitrogen and oxygen atoms in total. The molecule has 0 spiro atoms. The highest BCUT2D eigenvalue weighted by atomic mass is 35.5. The Morgan fingerprint density at radius 3 is 2.56 bits per heavy atom. The predicted molar refractivity (Wildman–Crippen MR) is 74.4 cm³/mol. The van der Waals surface area contributed by atoms with Crippen molar-refractivity contribution in [1.82, 2.24) is 10.0 Å². The summed E-state index contributed by atoms with van der Waals surface area (Å²) >= 11 is 5.86. The molecule has 0 amide bonds. The monoisotopic (exact) mass is 314 g/mol. The minimum absolute atomic E-state index is 0. The van der Waals surface area contributed by atoms with E-state index in [0.29, 0.717) is 18.8 Å². The normalized spacial score (nSPS) is 10.8. The topological polar surface area (TPSA) is 67.4 Å². The van der Waals surface area contributed by atoms with E-state index in [2.05, 4.69) is 10.0 Å². The van der Waals surface area contributed by atoms with E-state index < -0.39 is 10.0 Å². The zero-order valence-corrected chi connectivity index (χ0v) is 12.5. The summed E-state index contributed by atoms with van der Waals surface area (Å²) in [5.74, 6) is 0.448. The van der Waals surface area contributed by atoms with Crippen LogP contribution in [0.2, 0.25) is 5.02 Å². The van der Waals surface area contributed by atoms with Gasteiger partial charge in [-0.15, -0.1) is 12.4 Å². The van der Waals surface area contributed by atoms with Crippen LogP contribution in [0.1, 0.15) is 0 Å². The molecule has 2 N–H and O–H groups in total. The number of ether oxygens (including phenoxy) is 1. The van der Waals surface area contributed by atoms with Crippen LogP contribution in [-0.2, 0) is 10.0 Å². The number of hydrogen-bond donors (Lipinski definition) is 2. The van der Waals surface area contributed by atoms with E-state index in [1.54, 1.807) is 13.1 Å². The van der Waals surface area contributed by atoms with Crippen LogP contribution in [0.4, 0.5) is 0 Å². The summed E-state index contributed by atoms with van der Waals surface area (Å²) in [4.78, 5) is 0.0228. The Hall–Kier alpha value is -0.530. The molecule has 0 aliphatic carbocycles. The summed E-state index contributed by atoms with van der Waals surface area (Å²) in [6, 6.07) is 4.49.